The van der Waals surface area contributed by atoms with Crippen molar-refractivity contribution in [3.8, 4) is 0 Å². The van der Waals surface area contributed by atoms with Crippen molar-refractivity contribution < 1.29 is 4.79 Å². The van der Waals surface area contributed by atoms with E-state index in [1.807, 2.05) is 18.2 Å². The van der Waals surface area contributed by atoms with E-state index in [-0.39, 0.29) is 0 Å². The van der Waals surface area contributed by atoms with E-state index in [0.717, 1.165) is 29.8 Å². The number of fused-ring (bicyclic) bond motifs is 3. The molecule has 0 saturated carbocycles. The van der Waals surface area contributed by atoms with Crippen LogP contribution >= 0.6 is 11.6 Å². The molecule has 0 spiro atoms. The molecule has 1 aromatic carbocycles. The molecule has 118 valence electrons. The third-order valence-corrected chi connectivity index (χ3v) is 4.89. The van der Waals surface area contributed by atoms with Crippen molar-refractivity contribution in [2.24, 2.45) is 5.73 Å². The minimum atomic E-state index is -0.443. The Bertz CT molecular complexity index is 895. The Morgan fingerprint density at radius 2 is 2.30 bits per heavy atom. The van der Waals surface area contributed by atoms with Crippen LogP contribution in [-0.4, -0.2) is 20.7 Å². The molecule has 6 heteroatoms. The van der Waals surface area contributed by atoms with Gasteiger partial charge in [-0.15, -0.1) is 0 Å². The van der Waals surface area contributed by atoms with Gasteiger partial charge in [0.25, 0.3) is 5.91 Å². The lowest BCUT2D eigenvalue weighted by molar-refractivity contribution is 0.0989. The molecule has 1 atom stereocenters. The Kier molecular flexibility index (Phi) is 3.38. The van der Waals surface area contributed by atoms with Gasteiger partial charge < -0.3 is 10.7 Å². The van der Waals surface area contributed by atoms with Crippen LogP contribution in [0.15, 0.2) is 30.5 Å². The first-order valence-electron chi connectivity index (χ1n) is 7.75. The fraction of sp³-hybridized carbons (Fsp3) is 0.294. The number of nitrogens with one attached hydrogen (secondary N) is 1. The number of primary amides is 1. The van der Waals surface area contributed by atoms with Gasteiger partial charge in [0.2, 0.25) is 0 Å². The molecule has 0 saturated heterocycles. The molecule has 23 heavy (non-hydrogen) atoms. The Balaban J connectivity index is 1.74. The number of hydrogen-bond acceptors (Lipinski definition) is 2. The van der Waals surface area contributed by atoms with E-state index in [0.29, 0.717) is 18.2 Å². The number of carbonyl (C=O) groups is 1. The molecular weight excluding hydrogens is 312 g/mol. The van der Waals surface area contributed by atoms with Crippen LogP contribution in [0.25, 0.3) is 10.9 Å². The lowest BCUT2D eigenvalue weighted by atomic mass is 9.86. The number of hydrogen-bond donors (Lipinski definition) is 2. The Labute approximate surface area is 138 Å². The largest absolute Gasteiger partial charge is 0.364 e. The minimum absolute atomic E-state index is 0.294. The van der Waals surface area contributed by atoms with E-state index in [1.54, 1.807) is 16.9 Å². The third kappa shape index (κ3) is 2.41. The molecule has 5 nitrogen and oxygen atoms in total. The Morgan fingerprint density at radius 1 is 1.43 bits per heavy atom. The van der Waals surface area contributed by atoms with Crippen LogP contribution in [0, 0.1) is 0 Å². The average molecular weight is 329 g/mol. The van der Waals surface area contributed by atoms with Crippen LogP contribution in [0.2, 0.25) is 5.02 Å². The van der Waals surface area contributed by atoms with Crippen molar-refractivity contribution in [1.29, 1.82) is 0 Å². The summed E-state index contributed by atoms with van der Waals surface area (Å²) >= 11 is 6.15. The number of nitrogens with two attached hydrogens (primary N) is 1. The molecule has 0 aliphatic heterocycles. The summed E-state index contributed by atoms with van der Waals surface area (Å²) in [6.07, 6.45) is 4.85. The van der Waals surface area contributed by atoms with Gasteiger partial charge in [0.05, 0.1) is 6.54 Å². The smallest absolute Gasteiger partial charge is 0.266 e. The highest BCUT2D eigenvalue weighted by atomic mass is 35.5. The second-order valence-corrected chi connectivity index (χ2v) is 6.50. The predicted octanol–water partition coefficient (Wildman–Crippen LogP) is 3.24. The van der Waals surface area contributed by atoms with Gasteiger partial charge in [-0.25, -0.2) is 0 Å². The summed E-state index contributed by atoms with van der Waals surface area (Å²) < 4.78 is 1.71. The molecule has 3 aromatic rings. The van der Waals surface area contributed by atoms with E-state index >= 15 is 0 Å². The average Bonchev–Trinajstić information content (AvgIpc) is 3.12. The maximum absolute atomic E-state index is 11.5. The Morgan fingerprint density at radius 3 is 3.13 bits per heavy atom. The first-order valence-corrected chi connectivity index (χ1v) is 8.13. The molecule has 3 N–H and O–H groups in total. The fourth-order valence-electron chi connectivity index (χ4n) is 3.61. The van der Waals surface area contributed by atoms with Crippen LogP contribution in [0.3, 0.4) is 0 Å². The summed E-state index contributed by atoms with van der Waals surface area (Å²) in [7, 11) is 0. The van der Waals surface area contributed by atoms with E-state index in [2.05, 4.69) is 10.1 Å². The van der Waals surface area contributed by atoms with Gasteiger partial charge >= 0.3 is 0 Å². The van der Waals surface area contributed by atoms with Crippen molar-refractivity contribution in [2.75, 3.05) is 0 Å². The monoisotopic (exact) mass is 328 g/mol. The maximum atomic E-state index is 11.5. The van der Waals surface area contributed by atoms with Gasteiger partial charge in [0.1, 0.15) is 5.69 Å². The number of rotatable bonds is 3. The summed E-state index contributed by atoms with van der Waals surface area (Å²) in [5.41, 5.74) is 9.56. The summed E-state index contributed by atoms with van der Waals surface area (Å²) in [6.45, 7) is 0.652. The molecular formula is C17H17ClN4O. The maximum Gasteiger partial charge on any atom is 0.266 e. The zero-order valence-electron chi connectivity index (χ0n) is 12.6. The highest BCUT2D eigenvalue weighted by Gasteiger charge is 2.26. The molecule has 2 aromatic heterocycles. The van der Waals surface area contributed by atoms with Crippen molar-refractivity contribution in [3.05, 3.63) is 52.4 Å². The van der Waals surface area contributed by atoms with Crippen LogP contribution in [0.5, 0.6) is 0 Å². The van der Waals surface area contributed by atoms with Crippen LogP contribution in [-0.2, 0) is 13.0 Å². The van der Waals surface area contributed by atoms with Crippen LogP contribution in [0.1, 0.15) is 40.5 Å². The molecule has 1 unspecified atom stereocenters. The van der Waals surface area contributed by atoms with Crippen molar-refractivity contribution in [1.82, 2.24) is 14.8 Å². The Hall–Kier alpha value is -2.27. The van der Waals surface area contributed by atoms with Crippen molar-refractivity contribution in [2.45, 2.75) is 31.7 Å². The minimum Gasteiger partial charge on any atom is -0.364 e. The van der Waals surface area contributed by atoms with Crippen LogP contribution in [0.4, 0.5) is 0 Å². The zero-order valence-corrected chi connectivity index (χ0v) is 13.3. The van der Waals surface area contributed by atoms with Crippen molar-refractivity contribution in [3.63, 3.8) is 0 Å². The number of halogens is 1. The summed E-state index contributed by atoms with van der Waals surface area (Å²) in [5, 5.41) is 6.21. The SMILES string of the molecule is NC(=O)c1ccnn1CC1CCCc2c1[nH]c1ccc(Cl)cc21. The molecule has 1 amide bonds. The highest BCUT2D eigenvalue weighted by Crippen LogP contribution is 2.37. The van der Waals surface area contributed by atoms with Gasteiger partial charge in [-0.3, -0.25) is 9.48 Å². The van der Waals surface area contributed by atoms with Gasteiger partial charge in [-0.1, -0.05) is 11.6 Å². The number of carbonyl (C=O) groups excluding carboxylic acids is 1. The lowest BCUT2D eigenvalue weighted by Gasteiger charge is -2.23. The number of benzene rings is 1. The van der Waals surface area contributed by atoms with Crippen molar-refractivity contribution >= 4 is 28.4 Å². The van der Waals surface area contributed by atoms with Gasteiger partial charge in [-0.2, -0.15) is 5.10 Å². The van der Waals surface area contributed by atoms with Crippen LogP contribution < -0.4 is 5.73 Å². The van der Waals surface area contributed by atoms with Gasteiger partial charge in [0.15, 0.2) is 0 Å². The number of amides is 1. The summed E-state index contributed by atoms with van der Waals surface area (Å²) in [6, 6.07) is 7.61. The van der Waals surface area contributed by atoms with E-state index in [1.165, 1.54) is 16.6 Å². The first kappa shape index (κ1) is 14.3. The van der Waals surface area contributed by atoms with Gasteiger partial charge in [-0.05, 0) is 49.1 Å². The summed E-state index contributed by atoms with van der Waals surface area (Å²) in [4.78, 5) is 15.0. The standard InChI is InChI=1S/C17H17ClN4O/c18-11-4-5-14-13(8-11)12-3-1-2-10(16(12)21-14)9-22-15(17(19)23)6-7-20-22/h4-8,10,21H,1-3,9H2,(H2,19,23). The quantitative estimate of drug-likeness (QED) is 0.774. The predicted molar refractivity (Wildman–Crippen MR) is 89.7 cm³/mol. The second kappa shape index (κ2) is 5.42. The van der Waals surface area contributed by atoms with E-state index < -0.39 is 5.91 Å². The zero-order chi connectivity index (χ0) is 16.0. The number of aromatic amines is 1. The molecule has 0 fully saturated rings. The third-order valence-electron chi connectivity index (χ3n) is 4.65. The normalized spacial score (nSPS) is 17.3. The number of nitrogens with zero attached hydrogens (tertiary/aromatic N) is 2. The summed E-state index contributed by atoms with van der Waals surface area (Å²) in [5.74, 6) is -0.148. The molecule has 1 aliphatic rings. The van der Waals surface area contributed by atoms with E-state index in [4.69, 9.17) is 17.3 Å². The second-order valence-electron chi connectivity index (χ2n) is 6.06. The highest BCUT2D eigenvalue weighted by molar-refractivity contribution is 6.31. The van der Waals surface area contributed by atoms with E-state index in [9.17, 15) is 4.79 Å². The number of aryl methyl sites for hydroxylation is 1. The molecule has 1 aliphatic carbocycles. The van der Waals surface area contributed by atoms with Gasteiger partial charge in [0, 0.05) is 33.7 Å². The molecule has 2 heterocycles. The molecule has 0 bridgehead atoms. The number of aromatic nitrogens is 3. The molecule has 0 radical (unpaired) electrons. The lowest BCUT2D eigenvalue weighted by Crippen LogP contribution is -2.22. The fourth-order valence-corrected chi connectivity index (χ4v) is 3.78. The molecule has 4 rings (SSSR count). The number of H-pyrrole nitrogens is 1. The topological polar surface area (TPSA) is 76.7 Å². The first-order chi connectivity index (χ1) is 11.1.